The van der Waals surface area contributed by atoms with E-state index in [4.69, 9.17) is 9.47 Å². The second-order valence-electron chi connectivity index (χ2n) is 7.60. The topological polar surface area (TPSA) is 84.9 Å². The van der Waals surface area contributed by atoms with E-state index < -0.39 is 34.4 Å². The Kier molecular flexibility index (Phi) is 6.50. The second-order valence-corrected chi connectivity index (χ2v) is 9.47. The Morgan fingerprint density at radius 2 is 1.70 bits per heavy atom. The first-order valence-corrected chi connectivity index (χ1v) is 11.8. The van der Waals surface area contributed by atoms with Crippen molar-refractivity contribution in [2.75, 3.05) is 24.0 Å². The Morgan fingerprint density at radius 3 is 2.39 bits per heavy atom. The van der Waals surface area contributed by atoms with Gasteiger partial charge in [-0.2, -0.15) is 0 Å². The zero-order chi connectivity index (χ0) is 23.4. The van der Waals surface area contributed by atoms with Gasteiger partial charge in [-0.3, -0.25) is 9.10 Å². The first-order chi connectivity index (χ1) is 15.8. The summed E-state index contributed by atoms with van der Waals surface area (Å²) in [5, 5.41) is 2.72. The fourth-order valence-corrected chi connectivity index (χ4v) is 4.76. The summed E-state index contributed by atoms with van der Waals surface area (Å²) in [5.74, 6) is 0.160. The summed E-state index contributed by atoms with van der Waals surface area (Å²) in [4.78, 5) is 12.6. The van der Waals surface area contributed by atoms with E-state index in [0.29, 0.717) is 17.2 Å². The van der Waals surface area contributed by atoms with Crippen molar-refractivity contribution in [1.82, 2.24) is 5.32 Å². The first kappa shape index (κ1) is 22.6. The summed E-state index contributed by atoms with van der Waals surface area (Å²) in [5.41, 5.74) is 1.27. The smallest absolute Gasteiger partial charge is 0.264 e. The Hall–Kier alpha value is -3.59. The second kappa shape index (κ2) is 9.50. The lowest BCUT2D eigenvalue weighted by molar-refractivity contribution is -0.120. The number of ether oxygens (including phenoxy) is 2. The van der Waals surface area contributed by atoms with E-state index in [2.05, 4.69) is 5.32 Å². The van der Waals surface area contributed by atoms with Gasteiger partial charge in [-0.25, -0.2) is 12.8 Å². The average molecular weight is 471 g/mol. The Morgan fingerprint density at radius 1 is 1.03 bits per heavy atom. The molecule has 4 rings (SSSR count). The van der Waals surface area contributed by atoms with Gasteiger partial charge in [0.15, 0.2) is 11.5 Å². The maximum absolute atomic E-state index is 13.3. The highest BCUT2D eigenvalue weighted by Gasteiger charge is 2.28. The Bertz CT molecular complexity index is 1230. The molecule has 0 saturated heterocycles. The Balaban J connectivity index is 1.49. The molecule has 7 nitrogen and oxygen atoms in total. The molecule has 3 aromatic carbocycles. The molecular weight excluding hydrogens is 447 g/mol. The predicted octanol–water partition coefficient (Wildman–Crippen LogP) is 3.29. The average Bonchev–Trinajstić information content (AvgIpc) is 2.82. The fraction of sp³-hybridized carbons (Fsp3) is 0.208. The van der Waals surface area contributed by atoms with Crippen LogP contribution in [0, 0.1) is 12.7 Å². The number of fused-ring (bicyclic) bond motifs is 1. The largest absolute Gasteiger partial charge is 0.486 e. The van der Waals surface area contributed by atoms with Crippen LogP contribution < -0.4 is 19.1 Å². The number of carbonyl (C=O) groups is 1. The fourth-order valence-electron chi connectivity index (χ4n) is 3.34. The molecule has 33 heavy (non-hydrogen) atoms. The molecule has 3 aromatic rings. The van der Waals surface area contributed by atoms with E-state index in [1.807, 2.05) is 19.1 Å². The number of hydrogen-bond acceptors (Lipinski definition) is 5. The number of benzene rings is 3. The van der Waals surface area contributed by atoms with Crippen molar-refractivity contribution in [1.29, 1.82) is 0 Å². The molecule has 0 fully saturated rings. The Labute approximate surface area is 191 Å². The number of amides is 1. The molecule has 0 unspecified atom stereocenters. The minimum atomic E-state index is -4.11. The molecule has 1 heterocycles. The molecule has 0 bridgehead atoms. The number of para-hydroxylation sites is 2. The molecule has 0 spiro atoms. The quantitative estimate of drug-likeness (QED) is 0.573. The van der Waals surface area contributed by atoms with Crippen LogP contribution in [0.1, 0.15) is 5.56 Å². The van der Waals surface area contributed by atoms with Crippen LogP contribution in [0.25, 0.3) is 0 Å². The van der Waals surface area contributed by atoms with E-state index in [0.717, 1.165) is 22.0 Å². The zero-order valence-corrected chi connectivity index (χ0v) is 18.7. The lowest BCUT2D eigenvalue weighted by Gasteiger charge is -2.27. The van der Waals surface area contributed by atoms with Crippen LogP contribution >= 0.6 is 0 Å². The zero-order valence-electron chi connectivity index (χ0n) is 17.9. The molecule has 1 amide bonds. The summed E-state index contributed by atoms with van der Waals surface area (Å²) in [6.45, 7) is 1.82. The molecule has 1 N–H and O–H groups in total. The lowest BCUT2D eigenvalue weighted by Crippen LogP contribution is -2.45. The van der Waals surface area contributed by atoms with Crippen molar-refractivity contribution in [3.63, 3.8) is 0 Å². The molecule has 0 aromatic heterocycles. The van der Waals surface area contributed by atoms with Gasteiger partial charge in [0, 0.05) is 0 Å². The highest BCUT2D eigenvalue weighted by molar-refractivity contribution is 7.92. The van der Waals surface area contributed by atoms with Gasteiger partial charge in [-0.05, 0) is 55.5 Å². The van der Waals surface area contributed by atoms with E-state index in [1.54, 1.807) is 36.4 Å². The predicted molar refractivity (Wildman–Crippen MR) is 121 cm³/mol. The molecule has 1 aliphatic rings. The van der Waals surface area contributed by atoms with Crippen LogP contribution in [-0.4, -0.2) is 40.1 Å². The van der Waals surface area contributed by atoms with Gasteiger partial charge in [-0.15, -0.1) is 0 Å². The number of rotatable bonds is 7. The molecule has 1 atom stereocenters. The molecular formula is C24H23FN2O5S. The van der Waals surface area contributed by atoms with Crippen LogP contribution in [0.3, 0.4) is 0 Å². The highest BCUT2D eigenvalue weighted by atomic mass is 32.2. The van der Waals surface area contributed by atoms with Crippen LogP contribution in [0.4, 0.5) is 10.1 Å². The van der Waals surface area contributed by atoms with Crippen molar-refractivity contribution in [2.24, 2.45) is 0 Å². The number of carbonyl (C=O) groups excluding carboxylic acids is 1. The summed E-state index contributed by atoms with van der Waals surface area (Å²) in [7, 11) is -4.11. The summed E-state index contributed by atoms with van der Waals surface area (Å²) in [6, 6.07) is 18.5. The van der Waals surface area contributed by atoms with Gasteiger partial charge in [-0.1, -0.05) is 29.8 Å². The van der Waals surface area contributed by atoms with Gasteiger partial charge >= 0.3 is 0 Å². The van der Waals surface area contributed by atoms with Gasteiger partial charge < -0.3 is 14.8 Å². The third-order valence-corrected chi connectivity index (χ3v) is 6.89. The van der Waals surface area contributed by atoms with Crippen LogP contribution in [0.15, 0.2) is 77.7 Å². The normalized spacial score (nSPS) is 15.0. The molecule has 0 saturated carbocycles. The van der Waals surface area contributed by atoms with Gasteiger partial charge in [0.05, 0.1) is 17.1 Å². The third kappa shape index (κ3) is 5.25. The van der Waals surface area contributed by atoms with Crippen molar-refractivity contribution in [3.05, 3.63) is 84.2 Å². The summed E-state index contributed by atoms with van der Waals surface area (Å²) >= 11 is 0. The van der Waals surface area contributed by atoms with E-state index >= 15 is 0 Å². The van der Waals surface area contributed by atoms with Gasteiger partial charge in [0.2, 0.25) is 5.91 Å². The number of sulfonamides is 1. The van der Waals surface area contributed by atoms with Crippen molar-refractivity contribution >= 4 is 21.6 Å². The minimum Gasteiger partial charge on any atom is -0.486 e. The van der Waals surface area contributed by atoms with Crippen LogP contribution in [-0.2, 0) is 14.8 Å². The highest BCUT2D eigenvalue weighted by Crippen LogP contribution is 2.30. The number of nitrogens with one attached hydrogen (secondary N) is 1. The summed E-state index contributed by atoms with van der Waals surface area (Å²) < 4.78 is 52.4. The summed E-state index contributed by atoms with van der Waals surface area (Å²) in [6.07, 6.45) is -0.412. The number of nitrogens with zero attached hydrogens (tertiary/aromatic N) is 1. The van der Waals surface area contributed by atoms with E-state index in [-0.39, 0.29) is 18.0 Å². The molecule has 0 radical (unpaired) electrons. The molecule has 9 heteroatoms. The van der Waals surface area contributed by atoms with Crippen LogP contribution in [0.5, 0.6) is 11.5 Å². The van der Waals surface area contributed by atoms with E-state index in [1.165, 1.54) is 12.1 Å². The van der Waals surface area contributed by atoms with E-state index in [9.17, 15) is 17.6 Å². The SMILES string of the molecule is Cc1ccc(N(CC(=O)NC[C@@H]2COc3ccccc3O2)S(=O)(=O)c2ccc(F)cc2)cc1. The molecule has 0 aliphatic carbocycles. The third-order valence-electron chi connectivity index (χ3n) is 5.11. The standard InChI is InChI=1S/C24H23FN2O5S/c1-17-6-10-19(11-7-17)27(33(29,30)21-12-8-18(25)9-13-21)15-24(28)26-14-20-16-31-22-4-2-3-5-23(22)32-20/h2-13,20H,14-16H2,1H3,(H,26,28)/t20-/m1/s1. The van der Waals surface area contributed by atoms with Crippen molar-refractivity contribution < 1.29 is 27.1 Å². The monoisotopic (exact) mass is 470 g/mol. The number of halogens is 1. The van der Waals surface area contributed by atoms with Crippen molar-refractivity contribution in [3.8, 4) is 11.5 Å². The van der Waals surface area contributed by atoms with Gasteiger partial charge in [0.25, 0.3) is 10.0 Å². The lowest BCUT2D eigenvalue weighted by atomic mass is 10.2. The number of anilines is 1. The minimum absolute atomic E-state index is 0.113. The number of hydrogen-bond donors (Lipinski definition) is 1. The van der Waals surface area contributed by atoms with Gasteiger partial charge in [0.1, 0.15) is 25.1 Å². The first-order valence-electron chi connectivity index (χ1n) is 10.3. The van der Waals surface area contributed by atoms with Crippen LogP contribution in [0.2, 0.25) is 0 Å². The molecule has 1 aliphatic heterocycles. The molecule has 172 valence electrons. The maximum atomic E-state index is 13.3. The van der Waals surface area contributed by atoms with Crippen molar-refractivity contribution in [2.45, 2.75) is 17.9 Å². The number of aryl methyl sites for hydroxylation is 1. The maximum Gasteiger partial charge on any atom is 0.264 e.